The summed E-state index contributed by atoms with van der Waals surface area (Å²) >= 11 is 6.38. The monoisotopic (exact) mass is 483 g/mol. The number of hydrogen-bond donors (Lipinski definition) is 2. The van der Waals surface area contributed by atoms with Gasteiger partial charge in [0.25, 0.3) is 11.5 Å². The molecule has 2 N–H and O–H groups in total. The number of rotatable bonds is 4. The fraction of sp³-hybridized carbons (Fsp3) is 0.400. The van der Waals surface area contributed by atoms with Gasteiger partial charge in [-0.25, -0.2) is 9.37 Å². The van der Waals surface area contributed by atoms with Gasteiger partial charge in [0.1, 0.15) is 11.5 Å². The van der Waals surface area contributed by atoms with Gasteiger partial charge < -0.3 is 15.2 Å². The molecule has 0 aliphatic carbocycles. The summed E-state index contributed by atoms with van der Waals surface area (Å²) in [7, 11) is 1.57. The number of anilines is 1. The van der Waals surface area contributed by atoms with Crippen molar-refractivity contribution < 1.29 is 9.18 Å². The van der Waals surface area contributed by atoms with Gasteiger partial charge in [0.2, 0.25) is 0 Å². The number of amides is 1. The van der Waals surface area contributed by atoms with E-state index >= 15 is 0 Å². The molecule has 1 unspecified atom stereocenters. The number of benzene rings is 1. The summed E-state index contributed by atoms with van der Waals surface area (Å²) in [5, 5.41) is 3.68. The molecule has 0 spiro atoms. The van der Waals surface area contributed by atoms with E-state index in [0.29, 0.717) is 22.3 Å². The maximum atomic E-state index is 14.0. The predicted molar refractivity (Wildman–Crippen MR) is 131 cm³/mol. The number of hydrogen-bond acceptors (Lipinski definition) is 5. The number of pyridine rings is 2. The van der Waals surface area contributed by atoms with Gasteiger partial charge in [0, 0.05) is 44.3 Å². The summed E-state index contributed by atoms with van der Waals surface area (Å²) in [6.45, 7) is 3.57. The molecule has 4 heterocycles. The number of halogens is 2. The van der Waals surface area contributed by atoms with Gasteiger partial charge in [-0.15, -0.1) is 0 Å². The van der Waals surface area contributed by atoms with E-state index in [1.807, 2.05) is 12.1 Å². The normalized spacial score (nSPS) is 19.6. The van der Waals surface area contributed by atoms with Gasteiger partial charge in [0.15, 0.2) is 5.15 Å². The van der Waals surface area contributed by atoms with E-state index in [1.54, 1.807) is 25.2 Å². The molecular formula is C25H27ClFN5O2. The number of carbonyl (C=O) groups excluding carboxylic acids is 1. The maximum Gasteiger partial charge on any atom is 0.269 e. The van der Waals surface area contributed by atoms with Crippen LogP contribution in [0.3, 0.4) is 0 Å². The number of aromatic amines is 1. The highest BCUT2D eigenvalue weighted by Crippen LogP contribution is 2.33. The molecule has 2 aliphatic heterocycles. The Morgan fingerprint density at radius 1 is 1.18 bits per heavy atom. The van der Waals surface area contributed by atoms with Gasteiger partial charge >= 0.3 is 0 Å². The molecule has 0 bridgehead atoms. The third kappa shape index (κ3) is 4.28. The van der Waals surface area contributed by atoms with Gasteiger partial charge in [0.05, 0.1) is 11.1 Å². The van der Waals surface area contributed by atoms with E-state index in [4.69, 9.17) is 11.6 Å². The highest BCUT2D eigenvalue weighted by Gasteiger charge is 2.32. The molecule has 2 aliphatic rings. The fourth-order valence-electron chi connectivity index (χ4n) is 5.28. The Hall–Kier alpha value is -2.97. The number of piperidine rings is 1. The van der Waals surface area contributed by atoms with Crippen LogP contribution in [-0.2, 0) is 0 Å². The largest absolute Gasteiger partial charge is 0.369 e. The van der Waals surface area contributed by atoms with E-state index in [1.165, 1.54) is 6.07 Å². The van der Waals surface area contributed by atoms with Crippen molar-refractivity contribution in [2.24, 2.45) is 0 Å². The van der Waals surface area contributed by atoms with Crippen LogP contribution in [-0.4, -0.2) is 60.0 Å². The van der Waals surface area contributed by atoms with Crippen LogP contribution in [0.25, 0.3) is 10.8 Å². The zero-order chi connectivity index (χ0) is 23.8. The van der Waals surface area contributed by atoms with Crippen molar-refractivity contribution in [3.05, 3.63) is 69.1 Å². The molecule has 34 heavy (non-hydrogen) atoms. The quantitative estimate of drug-likeness (QED) is 0.555. The van der Waals surface area contributed by atoms with E-state index < -0.39 is 5.82 Å². The Labute approximate surface area is 201 Å². The minimum Gasteiger partial charge on any atom is -0.369 e. The molecule has 2 fully saturated rings. The van der Waals surface area contributed by atoms with Crippen LogP contribution in [0.5, 0.6) is 0 Å². The van der Waals surface area contributed by atoms with Gasteiger partial charge in [-0.05, 0) is 55.5 Å². The Morgan fingerprint density at radius 3 is 2.71 bits per heavy atom. The average Bonchev–Trinajstić information content (AvgIpc) is 3.34. The number of aromatic nitrogens is 2. The summed E-state index contributed by atoms with van der Waals surface area (Å²) in [4.78, 5) is 36.2. The third-order valence-corrected chi connectivity index (χ3v) is 7.39. The van der Waals surface area contributed by atoms with Crippen molar-refractivity contribution in [3.8, 4) is 0 Å². The standard InChI is InChI=1S/C25H27ClFN5O2/c1-28-24(33)19-5-6-21(23(26)29-19)31-11-8-17(9-12-31)32-10-7-16(14-32)20-13-15-3-2-4-18(27)22(15)25(34)30-20/h2-6,13,16-17H,7-12,14H2,1H3,(H,28,33)(H,30,34). The molecule has 5 rings (SSSR count). The van der Waals surface area contributed by atoms with Crippen molar-refractivity contribution in [1.82, 2.24) is 20.2 Å². The van der Waals surface area contributed by atoms with Gasteiger partial charge in [-0.3, -0.25) is 14.5 Å². The average molecular weight is 484 g/mol. The van der Waals surface area contributed by atoms with Crippen molar-refractivity contribution in [3.63, 3.8) is 0 Å². The molecule has 2 aromatic heterocycles. The molecule has 1 atom stereocenters. The lowest BCUT2D eigenvalue weighted by molar-refractivity contribution is 0.0958. The molecule has 2 saturated heterocycles. The van der Waals surface area contributed by atoms with Crippen LogP contribution < -0.4 is 15.8 Å². The molecule has 1 aromatic carbocycles. The van der Waals surface area contributed by atoms with Gasteiger partial charge in [-0.2, -0.15) is 0 Å². The minimum atomic E-state index is -0.483. The first-order valence-corrected chi connectivity index (χ1v) is 12.0. The molecular weight excluding hydrogens is 457 g/mol. The van der Waals surface area contributed by atoms with Crippen LogP contribution in [0.4, 0.5) is 10.1 Å². The third-order valence-electron chi connectivity index (χ3n) is 7.11. The second-order valence-corrected chi connectivity index (χ2v) is 9.40. The smallest absolute Gasteiger partial charge is 0.269 e. The molecule has 0 radical (unpaired) electrons. The SMILES string of the molecule is CNC(=O)c1ccc(N2CCC(N3CCC(c4cc5cccc(F)c5c(=O)[nH]4)C3)CC2)c(Cl)n1. The minimum absolute atomic E-state index is 0.130. The predicted octanol–water partition coefficient (Wildman–Crippen LogP) is 3.53. The number of carbonyl (C=O) groups is 1. The van der Waals surface area contributed by atoms with Crippen LogP contribution in [0.15, 0.2) is 41.2 Å². The molecule has 0 saturated carbocycles. The summed E-state index contributed by atoms with van der Waals surface area (Å²) in [6.07, 6.45) is 2.97. The van der Waals surface area contributed by atoms with Crippen molar-refractivity contribution >= 4 is 34.0 Å². The summed E-state index contributed by atoms with van der Waals surface area (Å²) in [5.41, 5.74) is 1.69. The van der Waals surface area contributed by atoms with E-state index in [0.717, 1.165) is 56.8 Å². The molecule has 178 valence electrons. The van der Waals surface area contributed by atoms with Crippen LogP contribution in [0.2, 0.25) is 5.15 Å². The number of likely N-dealkylation sites (tertiary alicyclic amines) is 1. The van der Waals surface area contributed by atoms with Crippen molar-refractivity contribution in [2.75, 3.05) is 38.1 Å². The summed E-state index contributed by atoms with van der Waals surface area (Å²) in [5.74, 6) is -0.508. The fourth-order valence-corrected chi connectivity index (χ4v) is 5.55. The summed E-state index contributed by atoms with van der Waals surface area (Å²) in [6, 6.07) is 10.7. The molecule has 3 aromatic rings. The highest BCUT2D eigenvalue weighted by molar-refractivity contribution is 6.32. The number of nitrogens with zero attached hydrogens (tertiary/aromatic N) is 3. The Kier molecular flexibility index (Phi) is 6.27. The zero-order valence-corrected chi connectivity index (χ0v) is 19.7. The van der Waals surface area contributed by atoms with Gasteiger partial charge in [-0.1, -0.05) is 23.7 Å². The number of H-pyrrole nitrogens is 1. The Balaban J connectivity index is 1.23. The lowest BCUT2D eigenvalue weighted by atomic mass is 10.0. The van der Waals surface area contributed by atoms with E-state index in [-0.39, 0.29) is 22.8 Å². The van der Waals surface area contributed by atoms with E-state index in [2.05, 4.69) is 25.1 Å². The first kappa shape index (κ1) is 22.8. The first-order valence-electron chi connectivity index (χ1n) is 11.6. The Morgan fingerprint density at radius 2 is 1.97 bits per heavy atom. The summed E-state index contributed by atoms with van der Waals surface area (Å²) < 4.78 is 14.0. The van der Waals surface area contributed by atoms with Crippen LogP contribution in [0.1, 0.15) is 41.4 Å². The topological polar surface area (TPSA) is 81.3 Å². The second kappa shape index (κ2) is 9.35. The maximum absolute atomic E-state index is 14.0. The molecule has 7 nitrogen and oxygen atoms in total. The van der Waals surface area contributed by atoms with Crippen LogP contribution >= 0.6 is 11.6 Å². The first-order chi connectivity index (χ1) is 16.4. The zero-order valence-electron chi connectivity index (χ0n) is 19.0. The lowest BCUT2D eigenvalue weighted by Gasteiger charge is -2.38. The van der Waals surface area contributed by atoms with Crippen molar-refractivity contribution in [1.29, 1.82) is 0 Å². The van der Waals surface area contributed by atoms with Crippen molar-refractivity contribution in [2.45, 2.75) is 31.2 Å². The Bertz CT molecular complexity index is 1290. The van der Waals surface area contributed by atoms with Crippen LogP contribution in [0, 0.1) is 5.82 Å². The number of fused-ring (bicyclic) bond motifs is 1. The van der Waals surface area contributed by atoms with E-state index in [9.17, 15) is 14.0 Å². The second-order valence-electron chi connectivity index (χ2n) is 9.04. The lowest BCUT2D eigenvalue weighted by Crippen LogP contribution is -2.44. The highest BCUT2D eigenvalue weighted by atomic mass is 35.5. The number of nitrogens with one attached hydrogen (secondary N) is 2. The molecule has 1 amide bonds. The molecule has 9 heteroatoms.